The molecule has 1 aromatic heterocycles. The van der Waals surface area contributed by atoms with E-state index in [1.807, 2.05) is 42.3 Å². The molecule has 0 radical (unpaired) electrons. The van der Waals surface area contributed by atoms with Crippen molar-refractivity contribution in [2.24, 2.45) is 0 Å². The largest absolute Gasteiger partial charge is 0.363 e. The molecule has 1 N–H and O–H groups in total. The van der Waals surface area contributed by atoms with E-state index >= 15 is 0 Å². The number of fused-ring (bicyclic) bond motifs is 1. The molecular formula is C21H27N3O. The molecule has 132 valence electrons. The van der Waals surface area contributed by atoms with Crippen LogP contribution in [-0.2, 0) is 4.79 Å². The van der Waals surface area contributed by atoms with Gasteiger partial charge in [-0.3, -0.25) is 4.79 Å². The molecule has 1 amide bonds. The van der Waals surface area contributed by atoms with Gasteiger partial charge < -0.3 is 10.2 Å². The Hall–Kier alpha value is -2.36. The molecule has 2 aromatic rings. The molecule has 0 unspecified atom stereocenters. The van der Waals surface area contributed by atoms with Gasteiger partial charge in [0, 0.05) is 24.3 Å². The van der Waals surface area contributed by atoms with Crippen LogP contribution >= 0.6 is 0 Å². The first-order valence-electron chi connectivity index (χ1n) is 9.14. The van der Waals surface area contributed by atoms with Gasteiger partial charge in [-0.1, -0.05) is 45.0 Å². The second-order valence-electron chi connectivity index (χ2n) is 7.09. The van der Waals surface area contributed by atoms with E-state index in [0.29, 0.717) is 12.3 Å². The van der Waals surface area contributed by atoms with Crippen molar-refractivity contribution in [1.29, 1.82) is 0 Å². The summed E-state index contributed by atoms with van der Waals surface area (Å²) in [5.74, 6) is 1.54. The van der Waals surface area contributed by atoms with Gasteiger partial charge in [-0.05, 0) is 42.5 Å². The second-order valence-corrected chi connectivity index (χ2v) is 7.09. The summed E-state index contributed by atoms with van der Waals surface area (Å²) in [7, 11) is 0. The number of hydrogen-bond acceptors (Lipinski definition) is 3. The van der Waals surface area contributed by atoms with E-state index < -0.39 is 0 Å². The molecular weight excluding hydrogens is 310 g/mol. The predicted molar refractivity (Wildman–Crippen MR) is 103 cm³/mol. The number of carbonyl (C=O) groups is 1. The molecule has 4 heteroatoms. The van der Waals surface area contributed by atoms with Crippen LogP contribution in [0.2, 0.25) is 0 Å². The Labute approximate surface area is 150 Å². The average Bonchev–Trinajstić information content (AvgIpc) is 2.62. The van der Waals surface area contributed by atoms with Gasteiger partial charge in [0.1, 0.15) is 5.82 Å². The third kappa shape index (κ3) is 3.53. The number of carbonyl (C=O) groups excluding carboxylic acids is 1. The third-order valence-corrected chi connectivity index (χ3v) is 4.94. The number of benzene rings is 1. The Bertz CT molecular complexity index is 739. The summed E-state index contributed by atoms with van der Waals surface area (Å²) in [4.78, 5) is 18.9. The first-order valence-corrected chi connectivity index (χ1v) is 9.14. The maximum atomic E-state index is 12.4. The minimum absolute atomic E-state index is 0.157. The van der Waals surface area contributed by atoms with E-state index in [4.69, 9.17) is 0 Å². The van der Waals surface area contributed by atoms with Crippen molar-refractivity contribution in [2.45, 2.75) is 58.5 Å². The number of pyridine rings is 1. The topological polar surface area (TPSA) is 45.2 Å². The van der Waals surface area contributed by atoms with Crippen molar-refractivity contribution in [3.63, 3.8) is 0 Å². The van der Waals surface area contributed by atoms with Crippen LogP contribution in [0, 0.1) is 0 Å². The number of aromatic nitrogens is 1. The van der Waals surface area contributed by atoms with Crippen molar-refractivity contribution < 1.29 is 4.79 Å². The molecule has 2 heterocycles. The first kappa shape index (κ1) is 17.5. The standard InChI is InChI=1S/C21H27N3O/c1-5-21(25)24-15(4)12-18(17-8-6-7-9-19(17)24)23-20-11-10-16(13-22-20)14(2)3/h6-11,13-15,18H,5,12H2,1-4H3,(H,22,23)/t15-,18+/m0/s1. The number of amides is 1. The molecule has 25 heavy (non-hydrogen) atoms. The molecule has 3 rings (SSSR count). The van der Waals surface area contributed by atoms with Crippen molar-refractivity contribution in [3.05, 3.63) is 53.7 Å². The van der Waals surface area contributed by atoms with Crippen molar-refractivity contribution >= 4 is 17.4 Å². The van der Waals surface area contributed by atoms with Gasteiger partial charge in [0.05, 0.1) is 6.04 Å². The predicted octanol–water partition coefficient (Wildman–Crippen LogP) is 4.89. The van der Waals surface area contributed by atoms with Crippen LogP contribution in [-0.4, -0.2) is 16.9 Å². The van der Waals surface area contributed by atoms with E-state index in [1.54, 1.807) is 0 Å². The highest BCUT2D eigenvalue weighted by Gasteiger charge is 2.32. The van der Waals surface area contributed by atoms with Crippen LogP contribution in [0.4, 0.5) is 11.5 Å². The zero-order chi connectivity index (χ0) is 18.0. The molecule has 0 fully saturated rings. The Kier molecular flexibility index (Phi) is 5.07. The average molecular weight is 337 g/mol. The lowest BCUT2D eigenvalue weighted by Gasteiger charge is -2.39. The van der Waals surface area contributed by atoms with Gasteiger partial charge in [-0.2, -0.15) is 0 Å². The number of hydrogen-bond donors (Lipinski definition) is 1. The minimum Gasteiger partial charge on any atom is -0.363 e. The quantitative estimate of drug-likeness (QED) is 0.863. The number of nitrogens with one attached hydrogen (secondary N) is 1. The Morgan fingerprint density at radius 1 is 1.28 bits per heavy atom. The maximum Gasteiger partial charge on any atom is 0.226 e. The second kappa shape index (κ2) is 7.26. The van der Waals surface area contributed by atoms with Crippen LogP contribution in [0.5, 0.6) is 0 Å². The van der Waals surface area contributed by atoms with Crippen LogP contribution in [0.1, 0.15) is 63.6 Å². The Morgan fingerprint density at radius 2 is 2.04 bits per heavy atom. The highest BCUT2D eigenvalue weighted by atomic mass is 16.2. The minimum atomic E-state index is 0.157. The summed E-state index contributed by atoms with van der Waals surface area (Å²) >= 11 is 0. The smallest absolute Gasteiger partial charge is 0.226 e. The van der Waals surface area contributed by atoms with Crippen LogP contribution in [0.15, 0.2) is 42.6 Å². The van der Waals surface area contributed by atoms with E-state index in [-0.39, 0.29) is 18.0 Å². The molecule has 0 saturated heterocycles. The van der Waals surface area contributed by atoms with Gasteiger partial charge >= 0.3 is 0 Å². The lowest BCUT2D eigenvalue weighted by Crippen LogP contribution is -2.44. The van der Waals surface area contributed by atoms with Crippen LogP contribution < -0.4 is 10.2 Å². The summed E-state index contributed by atoms with van der Waals surface area (Å²) in [6, 6.07) is 12.7. The zero-order valence-corrected chi connectivity index (χ0v) is 15.5. The summed E-state index contributed by atoms with van der Waals surface area (Å²) < 4.78 is 0. The molecule has 1 aliphatic rings. The van der Waals surface area contributed by atoms with E-state index in [9.17, 15) is 4.79 Å². The lowest BCUT2D eigenvalue weighted by atomic mass is 9.91. The fourth-order valence-corrected chi connectivity index (χ4v) is 3.51. The third-order valence-electron chi connectivity index (χ3n) is 4.94. The van der Waals surface area contributed by atoms with Gasteiger partial charge in [0.15, 0.2) is 0 Å². The van der Waals surface area contributed by atoms with Crippen LogP contribution in [0.3, 0.4) is 0 Å². The van der Waals surface area contributed by atoms with E-state index in [0.717, 1.165) is 23.5 Å². The molecule has 2 atom stereocenters. The van der Waals surface area contributed by atoms with Crippen molar-refractivity contribution in [2.75, 3.05) is 10.2 Å². The number of rotatable bonds is 4. The molecule has 0 bridgehead atoms. The fraction of sp³-hybridized carbons (Fsp3) is 0.429. The highest BCUT2D eigenvalue weighted by molar-refractivity contribution is 5.95. The molecule has 1 aliphatic heterocycles. The number of nitrogens with zero attached hydrogens (tertiary/aromatic N) is 2. The fourth-order valence-electron chi connectivity index (χ4n) is 3.51. The van der Waals surface area contributed by atoms with Gasteiger partial charge in [-0.15, -0.1) is 0 Å². The monoisotopic (exact) mass is 337 g/mol. The highest BCUT2D eigenvalue weighted by Crippen LogP contribution is 2.38. The molecule has 4 nitrogen and oxygen atoms in total. The number of anilines is 2. The first-order chi connectivity index (χ1) is 12.0. The SMILES string of the molecule is CCC(=O)N1c2ccccc2[C@H](Nc2ccc(C(C)C)cn2)C[C@@H]1C. The molecule has 1 aromatic carbocycles. The molecule has 0 aliphatic carbocycles. The zero-order valence-electron chi connectivity index (χ0n) is 15.5. The van der Waals surface area contributed by atoms with Crippen molar-refractivity contribution in [3.8, 4) is 0 Å². The van der Waals surface area contributed by atoms with E-state index in [2.05, 4.69) is 43.2 Å². The van der Waals surface area contributed by atoms with Gasteiger partial charge in [-0.25, -0.2) is 4.98 Å². The van der Waals surface area contributed by atoms with E-state index in [1.165, 1.54) is 5.56 Å². The molecule has 0 saturated carbocycles. The maximum absolute atomic E-state index is 12.4. The van der Waals surface area contributed by atoms with Crippen LogP contribution in [0.25, 0.3) is 0 Å². The summed E-state index contributed by atoms with van der Waals surface area (Å²) in [5, 5.41) is 3.56. The molecule has 0 spiro atoms. The lowest BCUT2D eigenvalue weighted by molar-refractivity contribution is -0.118. The Balaban J connectivity index is 1.88. The van der Waals surface area contributed by atoms with Gasteiger partial charge in [0.25, 0.3) is 0 Å². The summed E-state index contributed by atoms with van der Waals surface area (Å²) in [6.07, 6.45) is 3.34. The van der Waals surface area contributed by atoms with Crippen molar-refractivity contribution in [1.82, 2.24) is 4.98 Å². The van der Waals surface area contributed by atoms with Gasteiger partial charge in [0.2, 0.25) is 5.91 Å². The summed E-state index contributed by atoms with van der Waals surface area (Å²) in [5.41, 5.74) is 3.42. The normalized spacial score (nSPS) is 19.6. The Morgan fingerprint density at radius 3 is 2.68 bits per heavy atom. The number of para-hydroxylation sites is 1. The summed E-state index contributed by atoms with van der Waals surface area (Å²) in [6.45, 7) is 8.38.